The fourth-order valence-electron chi connectivity index (χ4n) is 0. The molecule has 6 heteroatoms. The maximum Gasteiger partial charge on any atom is 0 e. The van der Waals surface area contributed by atoms with Gasteiger partial charge in [-0.3, -0.25) is 0 Å². The van der Waals surface area contributed by atoms with E-state index in [2.05, 4.69) is 0 Å². The largest absolute Gasteiger partial charge is 0.412 e. The zero-order chi connectivity index (χ0) is 0. The van der Waals surface area contributed by atoms with Crippen LogP contribution in [0.2, 0.25) is 0 Å². The van der Waals surface area contributed by atoms with E-state index in [1.165, 1.54) is 0 Å². The van der Waals surface area contributed by atoms with Gasteiger partial charge in [-0.15, -0.1) is 0 Å². The van der Waals surface area contributed by atoms with Crippen molar-refractivity contribution < 1.29 is 25.0 Å². The van der Waals surface area contributed by atoms with E-state index >= 15 is 0 Å². The minimum atomic E-state index is 0. The van der Waals surface area contributed by atoms with E-state index in [0.717, 1.165) is 0 Å². The van der Waals surface area contributed by atoms with Gasteiger partial charge in [0, 0.05) is 90.5 Å². The Kier molecular flexibility index (Phi) is 580. The van der Waals surface area contributed by atoms with Gasteiger partial charge in [-0.1, -0.05) is 0 Å². The van der Waals surface area contributed by atoms with Gasteiger partial charge in [-0.05, 0) is 0 Å². The topological polar surface area (TPSA) is 94.5 Å². The molecule has 0 aromatic rings. The Morgan fingerprint density at radius 2 is 0.500 bits per heavy atom. The van der Waals surface area contributed by atoms with Crippen molar-refractivity contribution in [3.63, 3.8) is 0 Å². The van der Waals surface area contributed by atoms with Crippen LogP contribution in [-0.2, 0) is 0 Å². The summed E-state index contributed by atoms with van der Waals surface area (Å²) in [6.07, 6.45) is 0. The van der Waals surface area contributed by atoms with Crippen molar-refractivity contribution in [3.8, 4) is 0 Å². The van der Waals surface area contributed by atoms with Gasteiger partial charge in [-0.25, -0.2) is 0 Å². The summed E-state index contributed by atoms with van der Waals surface area (Å²) in [6.45, 7) is 0. The molecule has 48 valence electrons. The quantitative estimate of drug-likeness (QED) is 0.260. The van der Waals surface area contributed by atoms with Crippen molar-refractivity contribution in [1.29, 1.82) is 0 Å². The van der Waals surface area contributed by atoms with E-state index in [1.54, 1.807) is 0 Å². The second kappa shape index (κ2) is 48.2. The van der Waals surface area contributed by atoms with Crippen LogP contribution >= 0.6 is 0 Å². The molecule has 6 N–H and O–H groups in total. The maximum atomic E-state index is 0. The minimum absolute atomic E-state index is 0. The van der Waals surface area contributed by atoms with E-state index < -0.39 is 0 Å². The molecule has 0 aromatic carbocycles. The summed E-state index contributed by atoms with van der Waals surface area (Å²) in [7, 11) is 0. The molecule has 12 radical (unpaired) electrons. The normalized spacial score (nSPS) is 0. The van der Waals surface area contributed by atoms with Crippen molar-refractivity contribution in [2.75, 3.05) is 0 Å². The molecule has 0 heterocycles. The molecule has 0 saturated heterocycles. The van der Waals surface area contributed by atoms with E-state index in [-0.39, 0.29) is 107 Å². The van der Waals surface area contributed by atoms with Gasteiger partial charge in [0.2, 0.25) is 0 Å². The van der Waals surface area contributed by atoms with Crippen LogP contribution in [0.1, 0.15) is 8.56 Å². The van der Waals surface area contributed by atoms with Crippen LogP contribution in [0.4, 0.5) is 0 Å². The van der Waals surface area contributed by atoms with Crippen LogP contribution in [0.25, 0.3) is 0 Å². The minimum Gasteiger partial charge on any atom is -0.412 e. The Balaban J connectivity index is 0. The van der Waals surface area contributed by atoms with Gasteiger partial charge >= 0.3 is 0 Å². The van der Waals surface area contributed by atoms with Gasteiger partial charge < -0.3 is 16.4 Å². The first kappa shape index (κ1) is 72.2. The summed E-state index contributed by atoms with van der Waals surface area (Å²) >= 11 is 0. The predicted molar refractivity (Wildman–Crippen MR) is 40.8 cm³/mol. The first-order valence-corrected chi connectivity index (χ1v) is 0. The van der Waals surface area contributed by atoms with Crippen molar-refractivity contribution in [3.05, 3.63) is 0 Å². The molecule has 0 fully saturated rings. The Hall–Kier alpha value is 2.65. The van der Waals surface area contributed by atoms with E-state index in [0.29, 0.717) is 0 Å². The fourth-order valence-corrected chi connectivity index (χ4v) is 0. The first-order valence-electron chi connectivity index (χ1n) is 0. The van der Waals surface area contributed by atoms with Crippen molar-refractivity contribution in [2.45, 2.75) is 0 Å². The predicted octanol–water partition coefficient (Wildman–Crippen LogP) is -2.14. The van der Waals surface area contributed by atoms with E-state index in [4.69, 9.17) is 0 Å². The van der Waals surface area contributed by atoms with Gasteiger partial charge in [0.1, 0.15) is 0 Å². The molecule has 3 nitrogen and oxygen atoms in total. The van der Waals surface area contributed by atoms with Crippen LogP contribution in [0, 0.1) is 0 Å². The third-order valence-corrected chi connectivity index (χ3v) is 0. The molecule has 0 aromatic heterocycles. The fraction of sp³-hybridized carbons (Fsp3) is 0. The molecular weight excluding hydrogens is 670 g/mol. The molecule has 0 unspecified atom stereocenters. The van der Waals surface area contributed by atoms with Gasteiger partial charge in [-0.2, -0.15) is 0 Å². The van der Waals surface area contributed by atoms with Crippen LogP contribution in [0.3, 0.4) is 0 Å². The molecule has 6 heavy (non-hydrogen) atoms. The summed E-state index contributed by atoms with van der Waals surface area (Å²) in [4.78, 5) is 0. The zero-order valence-electron chi connectivity index (χ0n) is 3.00. The molecule has 0 aliphatic rings. The standard InChI is InChI=1S/3H2O.3Pb.6H2/h3*1H2;;;;6*1H. The molecule has 0 rings (SSSR count). The summed E-state index contributed by atoms with van der Waals surface area (Å²) < 4.78 is 0. The second-order valence-corrected chi connectivity index (χ2v) is 0. The maximum absolute atomic E-state index is 0. The summed E-state index contributed by atoms with van der Waals surface area (Å²) in [5.74, 6) is 0. The molecule has 0 bridgehead atoms. The average Bonchev–Trinajstić information content (AvgIpc) is 0. The average molecular weight is 688 g/mol. The number of hydrogen-bond acceptors (Lipinski definition) is 0. The molecular formula is H18O3Pb3. The van der Waals surface area contributed by atoms with Crippen LogP contribution in [0.15, 0.2) is 0 Å². The van der Waals surface area contributed by atoms with Crippen molar-refractivity contribution in [2.24, 2.45) is 0 Å². The SMILES string of the molecule is O.O.O.[HH].[HH].[HH].[HH].[HH].[HH].[Pb].[Pb].[Pb]. The smallest absolute Gasteiger partial charge is 0 e. The molecule has 0 spiro atoms. The summed E-state index contributed by atoms with van der Waals surface area (Å²) in [5.41, 5.74) is 0. The molecule has 0 aliphatic heterocycles. The molecule has 0 amide bonds. The van der Waals surface area contributed by atoms with Crippen LogP contribution in [0.5, 0.6) is 0 Å². The third kappa shape index (κ3) is 30.3. The van der Waals surface area contributed by atoms with E-state index in [9.17, 15) is 0 Å². The Morgan fingerprint density at radius 1 is 0.500 bits per heavy atom. The summed E-state index contributed by atoms with van der Waals surface area (Å²) in [5, 5.41) is 0. The van der Waals surface area contributed by atoms with Gasteiger partial charge in [0.15, 0.2) is 0 Å². The van der Waals surface area contributed by atoms with Crippen LogP contribution in [-0.4, -0.2) is 98.3 Å². The molecule has 0 atom stereocenters. The summed E-state index contributed by atoms with van der Waals surface area (Å²) in [6, 6.07) is 0. The molecule has 0 aliphatic carbocycles. The van der Waals surface area contributed by atoms with E-state index in [1.807, 2.05) is 0 Å². The number of rotatable bonds is 0. The van der Waals surface area contributed by atoms with Crippen molar-refractivity contribution in [1.82, 2.24) is 0 Å². The Morgan fingerprint density at radius 3 is 0.500 bits per heavy atom. The Labute approximate surface area is 106 Å². The Bertz CT molecular complexity index is 18.0. The second-order valence-electron chi connectivity index (χ2n) is 0. The number of hydrogen-bond donors (Lipinski definition) is 0. The molecule has 0 saturated carbocycles. The monoisotopic (exact) mass is 690 g/mol. The van der Waals surface area contributed by atoms with Gasteiger partial charge in [0.25, 0.3) is 0 Å². The van der Waals surface area contributed by atoms with Crippen LogP contribution < -0.4 is 0 Å². The first-order chi connectivity index (χ1) is 0. The third-order valence-electron chi connectivity index (χ3n) is 0. The zero-order valence-corrected chi connectivity index (χ0v) is 14.7. The van der Waals surface area contributed by atoms with Crippen molar-refractivity contribution >= 4 is 81.9 Å². The van der Waals surface area contributed by atoms with Gasteiger partial charge in [0.05, 0.1) is 0 Å².